The lowest BCUT2D eigenvalue weighted by atomic mass is 10.0. The van der Waals surface area contributed by atoms with Crippen molar-refractivity contribution in [3.8, 4) is 0 Å². The quantitative estimate of drug-likeness (QED) is 0.293. The molecule has 2 aromatic heterocycles. The smallest absolute Gasteiger partial charge is 0.278 e. The Balaban J connectivity index is 1.86. The molecule has 0 aliphatic rings. The molecule has 0 saturated heterocycles. The molecular weight excluding hydrogens is 487 g/mol. The summed E-state index contributed by atoms with van der Waals surface area (Å²) >= 11 is 0.863. The second-order valence-electron chi connectivity index (χ2n) is 7.09. The Morgan fingerprint density at radius 3 is 2.15 bits per heavy atom. The highest BCUT2D eigenvalue weighted by Gasteiger charge is 2.38. The Morgan fingerprint density at radius 1 is 0.912 bits per heavy atom. The van der Waals surface area contributed by atoms with E-state index in [9.17, 15) is 35.5 Å². The van der Waals surface area contributed by atoms with E-state index in [1.165, 1.54) is 24.4 Å². The third-order valence-electron chi connectivity index (χ3n) is 4.72. The van der Waals surface area contributed by atoms with Crippen LogP contribution in [-0.4, -0.2) is 15.9 Å². The summed E-state index contributed by atoms with van der Waals surface area (Å²) in [6, 6.07) is 9.39. The van der Waals surface area contributed by atoms with Crippen LogP contribution in [0.3, 0.4) is 0 Å². The molecule has 0 fully saturated rings. The average molecular weight is 499 g/mol. The van der Waals surface area contributed by atoms with Gasteiger partial charge in [-0.05, 0) is 42.5 Å². The minimum absolute atomic E-state index is 0.0626. The van der Waals surface area contributed by atoms with Gasteiger partial charge in [0.05, 0.1) is 28.1 Å². The monoisotopic (exact) mass is 499 g/mol. The molecule has 34 heavy (non-hydrogen) atoms. The molecule has 2 heterocycles. The molecule has 1 amide bonds. The lowest BCUT2D eigenvalue weighted by molar-refractivity contribution is -0.143. The number of hydrogen-bond acceptors (Lipinski definition) is 4. The van der Waals surface area contributed by atoms with Crippen LogP contribution in [0.1, 0.15) is 27.2 Å². The van der Waals surface area contributed by atoms with E-state index < -0.39 is 40.8 Å². The first-order chi connectivity index (χ1) is 15.9. The fourth-order valence-electron chi connectivity index (χ4n) is 3.13. The number of carbonyl (C=O) groups is 1. The maximum Gasteiger partial charge on any atom is 0.416 e. The van der Waals surface area contributed by atoms with Crippen LogP contribution >= 0.6 is 11.3 Å². The highest BCUT2D eigenvalue weighted by Crippen LogP contribution is 2.38. The average Bonchev–Trinajstić information content (AvgIpc) is 3.22. The predicted octanol–water partition coefficient (Wildman–Crippen LogP) is 6.72. The summed E-state index contributed by atoms with van der Waals surface area (Å²) in [4.78, 5) is 22.3. The number of pyridine rings is 1. The van der Waals surface area contributed by atoms with Gasteiger partial charge in [-0.15, -0.1) is 0 Å². The summed E-state index contributed by atoms with van der Waals surface area (Å²) in [6.45, 7) is -0.321. The molecule has 12 heteroatoms. The molecule has 0 radical (unpaired) electrons. The minimum Gasteiger partial charge on any atom is -0.278 e. The number of thiazole rings is 1. The van der Waals surface area contributed by atoms with Crippen molar-refractivity contribution in [3.63, 3.8) is 0 Å². The van der Waals surface area contributed by atoms with Crippen LogP contribution in [0.5, 0.6) is 0 Å². The van der Waals surface area contributed by atoms with Crippen molar-refractivity contribution >= 4 is 32.6 Å². The topological polar surface area (TPSA) is 46.1 Å². The van der Waals surface area contributed by atoms with Crippen LogP contribution in [0, 0.1) is 5.82 Å². The van der Waals surface area contributed by atoms with E-state index in [1.807, 2.05) is 0 Å². The van der Waals surface area contributed by atoms with Gasteiger partial charge in [-0.2, -0.15) is 26.3 Å². The van der Waals surface area contributed by atoms with Gasteiger partial charge < -0.3 is 0 Å². The molecule has 4 aromatic rings. The molecule has 2 aromatic carbocycles. The zero-order chi connectivity index (χ0) is 24.7. The largest absolute Gasteiger partial charge is 0.416 e. The predicted molar refractivity (Wildman–Crippen MR) is 111 cm³/mol. The van der Waals surface area contributed by atoms with E-state index >= 15 is 0 Å². The molecule has 0 atom stereocenters. The number of nitrogens with zero attached hydrogens (tertiary/aromatic N) is 3. The second kappa shape index (κ2) is 8.67. The summed E-state index contributed by atoms with van der Waals surface area (Å²) < 4.78 is 94.3. The Labute approximate surface area is 191 Å². The Morgan fingerprint density at radius 2 is 1.59 bits per heavy atom. The van der Waals surface area contributed by atoms with Crippen molar-refractivity contribution < 1.29 is 35.5 Å². The number of fused-ring (bicyclic) bond motifs is 1. The molecule has 0 aliphatic carbocycles. The molecule has 4 nitrogen and oxygen atoms in total. The molecule has 0 aliphatic heterocycles. The number of benzene rings is 2. The summed E-state index contributed by atoms with van der Waals surface area (Å²) in [6.07, 6.45) is -8.84. The van der Waals surface area contributed by atoms with Crippen LogP contribution in [0.2, 0.25) is 0 Å². The summed E-state index contributed by atoms with van der Waals surface area (Å²) in [5.41, 5.74) is -3.89. The number of rotatable bonds is 4. The molecule has 0 unspecified atom stereocenters. The number of anilines is 1. The standard InChI is InChI=1S/C22H12F7N3OS/c23-16-5-3-6-17-18(16)31-20(34-17)32(11-15-4-1-2-7-30-15)19(33)12-8-13(21(24,25)26)10-14(9-12)22(27,28)29/h1-10H,11H2. The van der Waals surface area contributed by atoms with Crippen LogP contribution in [-0.2, 0) is 18.9 Å². The normalized spacial score (nSPS) is 12.2. The maximum absolute atomic E-state index is 14.2. The van der Waals surface area contributed by atoms with Crippen LogP contribution in [0.4, 0.5) is 35.9 Å². The van der Waals surface area contributed by atoms with Crippen molar-refractivity contribution in [2.45, 2.75) is 18.9 Å². The number of amides is 1. The van der Waals surface area contributed by atoms with Crippen LogP contribution < -0.4 is 4.90 Å². The Hall–Kier alpha value is -3.54. The number of hydrogen-bond donors (Lipinski definition) is 0. The zero-order valence-electron chi connectivity index (χ0n) is 16.8. The van der Waals surface area contributed by atoms with Gasteiger partial charge in [0.1, 0.15) is 11.3 Å². The molecule has 0 bridgehead atoms. The maximum atomic E-state index is 14.2. The summed E-state index contributed by atoms with van der Waals surface area (Å²) in [7, 11) is 0. The van der Waals surface area contributed by atoms with Gasteiger partial charge in [-0.1, -0.05) is 23.5 Å². The van der Waals surface area contributed by atoms with Crippen molar-refractivity contribution in [2.75, 3.05) is 4.90 Å². The molecule has 0 saturated carbocycles. The van der Waals surface area contributed by atoms with Crippen molar-refractivity contribution in [1.82, 2.24) is 9.97 Å². The van der Waals surface area contributed by atoms with Crippen molar-refractivity contribution in [1.29, 1.82) is 0 Å². The minimum atomic E-state index is -5.12. The lowest BCUT2D eigenvalue weighted by Crippen LogP contribution is -2.31. The highest BCUT2D eigenvalue weighted by molar-refractivity contribution is 7.22. The number of carbonyl (C=O) groups excluding carboxylic acids is 1. The van der Waals surface area contributed by atoms with Crippen molar-refractivity contribution in [3.05, 3.63) is 89.0 Å². The number of alkyl halides is 6. The van der Waals surface area contributed by atoms with Crippen molar-refractivity contribution in [2.24, 2.45) is 0 Å². The highest BCUT2D eigenvalue weighted by atomic mass is 32.1. The third-order valence-corrected chi connectivity index (χ3v) is 5.76. The van der Waals surface area contributed by atoms with Gasteiger partial charge in [0.15, 0.2) is 5.13 Å². The number of halogens is 7. The SMILES string of the molecule is O=C(c1cc(C(F)(F)F)cc(C(F)(F)F)c1)N(Cc1ccccn1)c1nc2c(F)cccc2s1. The second-order valence-corrected chi connectivity index (χ2v) is 8.10. The molecule has 0 spiro atoms. The van der Waals surface area contributed by atoms with Gasteiger partial charge in [-0.3, -0.25) is 14.7 Å². The molecular formula is C22H12F7N3OS. The fourth-order valence-corrected chi connectivity index (χ4v) is 4.11. The van der Waals surface area contributed by atoms with E-state index in [2.05, 4.69) is 9.97 Å². The van der Waals surface area contributed by atoms with Gasteiger partial charge in [0.2, 0.25) is 0 Å². The summed E-state index contributed by atoms with van der Waals surface area (Å²) in [5, 5.41) is -0.110. The van der Waals surface area contributed by atoms with Gasteiger partial charge in [0, 0.05) is 11.8 Å². The van der Waals surface area contributed by atoms with Crippen LogP contribution in [0.25, 0.3) is 10.2 Å². The number of aromatic nitrogens is 2. The third kappa shape index (κ3) is 4.86. The van der Waals surface area contributed by atoms with E-state index in [-0.39, 0.29) is 23.3 Å². The van der Waals surface area contributed by atoms with E-state index in [0.717, 1.165) is 22.3 Å². The molecule has 176 valence electrons. The first kappa shape index (κ1) is 23.6. The van der Waals surface area contributed by atoms with Gasteiger partial charge >= 0.3 is 12.4 Å². The van der Waals surface area contributed by atoms with Gasteiger partial charge in [-0.25, -0.2) is 9.37 Å². The van der Waals surface area contributed by atoms with E-state index in [0.29, 0.717) is 22.5 Å². The number of para-hydroxylation sites is 1. The first-order valence-electron chi connectivity index (χ1n) is 9.50. The lowest BCUT2D eigenvalue weighted by Gasteiger charge is -2.21. The van der Waals surface area contributed by atoms with Crippen LogP contribution in [0.15, 0.2) is 60.8 Å². The molecule has 4 rings (SSSR count). The Bertz CT molecular complexity index is 1320. The Kier molecular flexibility index (Phi) is 6.02. The summed E-state index contributed by atoms with van der Waals surface area (Å²) in [5.74, 6) is -1.87. The first-order valence-corrected chi connectivity index (χ1v) is 10.3. The van der Waals surface area contributed by atoms with E-state index in [4.69, 9.17) is 0 Å². The van der Waals surface area contributed by atoms with Gasteiger partial charge in [0.25, 0.3) is 5.91 Å². The fraction of sp³-hybridized carbons (Fsp3) is 0.136. The molecule has 0 N–H and O–H groups in total. The van der Waals surface area contributed by atoms with E-state index in [1.54, 1.807) is 12.1 Å². The zero-order valence-corrected chi connectivity index (χ0v) is 17.6.